The van der Waals surface area contributed by atoms with Gasteiger partial charge in [-0.2, -0.15) is 0 Å². The molecular formula is C14H16ClNO6S. The van der Waals surface area contributed by atoms with Crippen LogP contribution in [0, 0.1) is 0 Å². The SMILES string of the molecule is O=C(O)[C@@H](CO)N(C(=O)c1ccc(Cl)cc1)[C@H]1CCS(=O)(=O)C1. The Balaban J connectivity index is 2.38. The molecular weight excluding hydrogens is 346 g/mol. The number of amides is 1. The summed E-state index contributed by atoms with van der Waals surface area (Å²) in [5, 5.41) is 19.0. The maximum Gasteiger partial charge on any atom is 0.328 e. The Morgan fingerprint density at radius 3 is 2.35 bits per heavy atom. The number of nitrogens with zero attached hydrogens (tertiary/aromatic N) is 1. The van der Waals surface area contributed by atoms with Crippen LogP contribution in [0.3, 0.4) is 0 Å². The van der Waals surface area contributed by atoms with Gasteiger partial charge >= 0.3 is 5.97 Å². The van der Waals surface area contributed by atoms with Crippen molar-refractivity contribution in [2.24, 2.45) is 0 Å². The van der Waals surface area contributed by atoms with E-state index in [4.69, 9.17) is 11.6 Å². The predicted molar refractivity (Wildman–Crippen MR) is 83.2 cm³/mol. The fourth-order valence-corrected chi connectivity index (χ4v) is 4.42. The van der Waals surface area contributed by atoms with Crippen LogP contribution in [0.2, 0.25) is 5.02 Å². The molecule has 1 heterocycles. The Morgan fingerprint density at radius 2 is 1.91 bits per heavy atom. The first-order chi connectivity index (χ1) is 10.7. The third-order valence-electron chi connectivity index (χ3n) is 3.72. The molecule has 2 N–H and O–H groups in total. The van der Waals surface area contributed by atoms with Crippen molar-refractivity contribution in [3.05, 3.63) is 34.9 Å². The second kappa shape index (κ2) is 6.86. The van der Waals surface area contributed by atoms with Crippen molar-refractivity contribution in [3.8, 4) is 0 Å². The molecule has 0 aromatic heterocycles. The number of aliphatic carboxylic acids is 1. The topological polar surface area (TPSA) is 112 Å². The zero-order valence-electron chi connectivity index (χ0n) is 12.1. The van der Waals surface area contributed by atoms with Gasteiger partial charge in [0.05, 0.1) is 18.1 Å². The van der Waals surface area contributed by atoms with Crippen molar-refractivity contribution < 1.29 is 28.2 Å². The van der Waals surface area contributed by atoms with Crippen molar-refractivity contribution in [2.45, 2.75) is 18.5 Å². The molecule has 1 aliphatic rings. The maximum absolute atomic E-state index is 12.7. The van der Waals surface area contributed by atoms with E-state index in [9.17, 15) is 28.2 Å². The molecule has 7 nitrogen and oxygen atoms in total. The zero-order valence-corrected chi connectivity index (χ0v) is 13.6. The highest BCUT2D eigenvalue weighted by Crippen LogP contribution is 2.23. The van der Waals surface area contributed by atoms with Gasteiger partial charge in [-0.05, 0) is 30.7 Å². The van der Waals surface area contributed by atoms with Crippen LogP contribution in [0.15, 0.2) is 24.3 Å². The Labute approximate surface area is 138 Å². The molecule has 126 valence electrons. The van der Waals surface area contributed by atoms with Gasteiger partial charge < -0.3 is 15.1 Å². The fraction of sp³-hybridized carbons (Fsp3) is 0.429. The van der Waals surface area contributed by atoms with Crippen molar-refractivity contribution in [1.82, 2.24) is 4.90 Å². The van der Waals surface area contributed by atoms with Gasteiger partial charge in [0.2, 0.25) is 0 Å². The van der Waals surface area contributed by atoms with Gasteiger partial charge in [-0.1, -0.05) is 11.6 Å². The third kappa shape index (κ3) is 4.01. The molecule has 0 unspecified atom stereocenters. The van der Waals surface area contributed by atoms with Gasteiger partial charge in [0.15, 0.2) is 15.9 Å². The van der Waals surface area contributed by atoms with Crippen LogP contribution >= 0.6 is 11.6 Å². The van der Waals surface area contributed by atoms with E-state index in [2.05, 4.69) is 0 Å². The molecule has 0 aliphatic carbocycles. The van der Waals surface area contributed by atoms with Crippen molar-refractivity contribution in [3.63, 3.8) is 0 Å². The second-order valence-corrected chi connectivity index (χ2v) is 7.98. The molecule has 1 fully saturated rings. The van der Waals surface area contributed by atoms with Crippen LogP contribution in [0.25, 0.3) is 0 Å². The molecule has 1 aliphatic heterocycles. The molecule has 2 atom stereocenters. The fourth-order valence-electron chi connectivity index (χ4n) is 2.58. The number of aliphatic hydroxyl groups is 1. The number of rotatable bonds is 5. The first-order valence-electron chi connectivity index (χ1n) is 6.87. The summed E-state index contributed by atoms with van der Waals surface area (Å²) in [4.78, 5) is 25.0. The normalized spacial score (nSPS) is 20.9. The van der Waals surface area contributed by atoms with E-state index >= 15 is 0 Å². The number of aliphatic hydroxyl groups excluding tert-OH is 1. The van der Waals surface area contributed by atoms with Crippen molar-refractivity contribution in [1.29, 1.82) is 0 Å². The van der Waals surface area contributed by atoms with Crippen LogP contribution in [0.1, 0.15) is 16.8 Å². The van der Waals surface area contributed by atoms with E-state index in [0.717, 1.165) is 4.90 Å². The average Bonchev–Trinajstić information content (AvgIpc) is 2.84. The molecule has 23 heavy (non-hydrogen) atoms. The third-order valence-corrected chi connectivity index (χ3v) is 5.72. The minimum atomic E-state index is -3.32. The minimum Gasteiger partial charge on any atom is -0.480 e. The Hall–Kier alpha value is -1.64. The number of carbonyl (C=O) groups is 2. The molecule has 0 spiro atoms. The lowest BCUT2D eigenvalue weighted by atomic mass is 10.1. The average molecular weight is 362 g/mol. The van der Waals surface area contributed by atoms with Gasteiger partial charge in [-0.25, -0.2) is 13.2 Å². The van der Waals surface area contributed by atoms with Gasteiger partial charge in [-0.15, -0.1) is 0 Å². The molecule has 1 aromatic carbocycles. The van der Waals surface area contributed by atoms with E-state index in [1.807, 2.05) is 0 Å². The zero-order chi connectivity index (χ0) is 17.2. The van der Waals surface area contributed by atoms with Crippen LogP contribution in [0.4, 0.5) is 0 Å². The quantitative estimate of drug-likeness (QED) is 0.785. The van der Waals surface area contributed by atoms with Gasteiger partial charge in [0, 0.05) is 16.6 Å². The minimum absolute atomic E-state index is 0.111. The summed E-state index contributed by atoms with van der Waals surface area (Å²) in [6, 6.07) is 3.53. The molecule has 1 saturated heterocycles. The highest BCUT2D eigenvalue weighted by atomic mass is 35.5. The molecule has 0 radical (unpaired) electrons. The lowest BCUT2D eigenvalue weighted by Crippen LogP contribution is -2.53. The number of benzene rings is 1. The molecule has 0 bridgehead atoms. The van der Waals surface area contributed by atoms with Gasteiger partial charge in [0.25, 0.3) is 5.91 Å². The summed E-state index contributed by atoms with van der Waals surface area (Å²) in [7, 11) is -3.32. The standard InChI is InChI=1S/C14H16ClNO6S/c15-10-3-1-9(2-4-10)13(18)16(12(7-17)14(19)20)11-5-6-23(21,22)8-11/h1-4,11-12,17H,5-8H2,(H,19,20)/t11-,12+/m0/s1. The molecule has 1 amide bonds. The number of carboxylic acids is 1. The number of halogens is 1. The lowest BCUT2D eigenvalue weighted by Gasteiger charge is -2.32. The summed E-state index contributed by atoms with van der Waals surface area (Å²) in [6.45, 7) is -0.800. The van der Waals surface area contributed by atoms with Crippen LogP contribution in [-0.4, -0.2) is 65.6 Å². The van der Waals surface area contributed by atoms with Gasteiger partial charge in [-0.3, -0.25) is 4.79 Å². The van der Waals surface area contributed by atoms with E-state index < -0.39 is 40.4 Å². The first-order valence-corrected chi connectivity index (χ1v) is 9.07. The smallest absolute Gasteiger partial charge is 0.328 e. The van der Waals surface area contributed by atoms with E-state index in [1.54, 1.807) is 0 Å². The number of hydrogen-bond donors (Lipinski definition) is 2. The largest absolute Gasteiger partial charge is 0.480 e. The van der Waals surface area contributed by atoms with E-state index in [0.29, 0.717) is 5.02 Å². The summed E-state index contributed by atoms with van der Waals surface area (Å²) in [6.07, 6.45) is 0.144. The first kappa shape index (κ1) is 17.7. The van der Waals surface area contributed by atoms with E-state index in [-0.39, 0.29) is 23.5 Å². The summed E-state index contributed by atoms with van der Waals surface area (Å²) in [5.41, 5.74) is 0.179. The summed E-state index contributed by atoms with van der Waals surface area (Å²) >= 11 is 5.76. The van der Waals surface area contributed by atoms with Crippen LogP contribution in [0.5, 0.6) is 0 Å². The highest BCUT2D eigenvalue weighted by molar-refractivity contribution is 7.91. The van der Waals surface area contributed by atoms with Crippen molar-refractivity contribution >= 4 is 33.3 Å². The number of carbonyl (C=O) groups excluding carboxylic acids is 1. The number of carboxylic acid groups (broad SMARTS) is 1. The molecule has 2 rings (SSSR count). The van der Waals surface area contributed by atoms with Crippen LogP contribution in [-0.2, 0) is 14.6 Å². The molecule has 9 heteroatoms. The predicted octanol–water partition coefficient (Wildman–Crippen LogP) is 0.415. The van der Waals surface area contributed by atoms with Gasteiger partial charge in [0.1, 0.15) is 0 Å². The molecule has 1 aromatic rings. The maximum atomic E-state index is 12.7. The monoisotopic (exact) mass is 361 g/mol. The highest BCUT2D eigenvalue weighted by Gasteiger charge is 2.40. The van der Waals surface area contributed by atoms with Crippen molar-refractivity contribution in [2.75, 3.05) is 18.1 Å². The summed E-state index contributed by atoms with van der Waals surface area (Å²) in [5.74, 6) is -2.46. The summed E-state index contributed by atoms with van der Waals surface area (Å²) < 4.78 is 23.3. The Morgan fingerprint density at radius 1 is 1.30 bits per heavy atom. The van der Waals surface area contributed by atoms with E-state index in [1.165, 1.54) is 24.3 Å². The Bertz CT molecular complexity index is 702. The number of hydrogen-bond acceptors (Lipinski definition) is 5. The lowest BCUT2D eigenvalue weighted by molar-refractivity contribution is -0.144. The van der Waals surface area contributed by atoms with Crippen LogP contribution < -0.4 is 0 Å². The second-order valence-electron chi connectivity index (χ2n) is 5.31. The molecule has 0 saturated carbocycles. The Kier molecular flexibility index (Phi) is 5.28. The number of sulfone groups is 1.